The molecule has 0 N–H and O–H groups in total. The van der Waals surface area contributed by atoms with Crippen molar-refractivity contribution in [3.05, 3.63) is 65.2 Å². The number of benzene rings is 2. The summed E-state index contributed by atoms with van der Waals surface area (Å²) in [6, 6.07) is 17.7. The van der Waals surface area contributed by atoms with Gasteiger partial charge in [-0.1, -0.05) is 24.3 Å². The Morgan fingerprint density at radius 3 is 2.71 bits per heavy atom. The third kappa shape index (κ3) is 3.86. The van der Waals surface area contributed by atoms with Crippen LogP contribution in [0.25, 0.3) is 0 Å². The first-order valence-corrected chi connectivity index (χ1v) is 9.41. The number of hydrogen-bond acceptors (Lipinski definition) is 5. The van der Waals surface area contributed by atoms with E-state index < -0.39 is 0 Å². The second-order valence-corrected chi connectivity index (χ2v) is 7.29. The molecule has 2 unspecified atom stereocenters. The Kier molecular flexibility index (Phi) is 5.29. The van der Waals surface area contributed by atoms with E-state index in [2.05, 4.69) is 11.0 Å². The predicted molar refractivity (Wildman–Crippen MR) is 104 cm³/mol. The summed E-state index contributed by atoms with van der Waals surface area (Å²) in [5.74, 6) is 0.840. The van der Waals surface area contributed by atoms with Crippen LogP contribution in [-0.2, 0) is 22.6 Å². The van der Waals surface area contributed by atoms with Gasteiger partial charge in [-0.15, -0.1) is 0 Å². The summed E-state index contributed by atoms with van der Waals surface area (Å²) in [7, 11) is 1.64. The molecule has 6 heteroatoms. The Hall–Kier alpha value is -2.88. The highest BCUT2D eigenvalue weighted by Gasteiger charge is 2.42. The minimum absolute atomic E-state index is 0.0232. The van der Waals surface area contributed by atoms with Crippen molar-refractivity contribution in [3.63, 3.8) is 0 Å². The molecule has 0 aromatic heterocycles. The SMILES string of the molecule is COc1ccc(CN2C(=O)COC3CN(Cc4cccc(C#N)c4)CC32)cc1. The van der Waals surface area contributed by atoms with Gasteiger partial charge in [0.2, 0.25) is 5.91 Å². The van der Waals surface area contributed by atoms with Crippen molar-refractivity contribution in [1.82, 2.24) is 9.80 Å². The first-order chi connectivity index (χ1) is 13.7. The third-order valence-corrected chi connectivity index (χ3v) is 5.43. The molecule has 2 saturated heterocycles. The van der Waals surface area contributed by atoms with Crippen LogP contribution in [0.2, 0.25) is 0 Å². The molecule has 2 atom stereocenters. The fourth-order valence-corrected chi connectivity index (χ4v) is 4.00. The normalized spacial score (nSPS) is 22.0. The molecule has 0 radical (unpaired) electrons. The molecule has 0 saturated carbocycles. The molecule has 6 nitrogen and oxygen atoms in total. The first kappa shape index (κ1) is 18.5. The van der Waals surface area contributed by atoms with Crippen molar-refractivity contribution in [2.45, 2.75) is 25.2 Å². The van der Waals surface area contributed by atoms with Gasteiger partial charge in [-0.3, -0.25) is 9.69 Å². The minimum Gasteiger partial charge on any atom is -0.497 e. The summed E-state index contributed by atoms with van der Waals surface area (Å²) >= 11 is 0. The van der Waals surface area contributed by atoms with Crippen molar-refractivity contribution < 1.29 is 14.3 Å². The molecule has 2 heterocycles. The van der Waals surface area contributed by atoms with E-state index in [0.717, 1.165) is 36.5 Å². The van der Waals surface area contributed by atoms with E-state index in [0.29, 0.717) is 12.1 Å². The number of amides is 1. The summed E-state index contributed by atoms with van der Waals surface area (Å²) in [5, 5.41) is 9.09. The lowest BCUT2D eigenvalue weighted by molar-refractivity contribution is -0.153. The standard InChI is InChI=1S/C22H23N3O3/c1-27-19-7-5-16(6-8-19)12-25-20-13-24(14-21(20)28-15-22(25)26)11-18-4-2-3-17(9-18)10-23/h2-9,20-21H,11-15H2,1H3. The van der Waals surface area contributed by atoms with Crippen molar-refractivity contribution >= 4 is 5.91 Å². The monoisotopic (exact) mass is 377 g/mol. The van der Waals surface area contributed by atoms with Gasteiger partial charge >= 0.3 is 0 Å². The molecule has 0 aliphatic carbocycles. The van der Waals surface area contributed by atoms with E-state index in [1.165, 1.54) is 0 Å². The zero-order valence-corrected chi connectivity index (χ0v) is 15.9. The number of nitriles is 1. The lowest BCUT2D eigenvalue weighted by Gasteiger charge is -2.36. The second-order valence-electron chi connectivity index (χ2n) is 7.29. The van der Waals surface area contributed by atoms with Crippen molar-refractivity contribution in [1.29, 1.82) is 5.26 Å². The minimum atomic E-state index is 0.0232. The van der Waals surface area contributed by atoms with Crippen LogP contribution in [-0.4, -0.2) is 54.7 Å². The average Bonchev–Trinajstić information content (AvgIpc) is 3.13. The summed E-state index contributed by atoms with van der Waals surface area (Å²) in [4.78, 5) is 16.8. The Balaban J connectivity index is 1.45. The second kappa shape index (κ2) is 8.01. The topological polar surface area (TPSA) is 65.8 Å². The maximum atomic E-state index is 12.5. The van der Waals surface area contributed by atoms with Gasteiger partial charge in [0.15, 0.2) is 0 Å². The predicted octanol–water partition coefficient (Wildman–Crippen LogP) is 2.18. The van der Waals surface area contributed by atoms with Gasteiger partial charge in [0.25, 0.3) is 0 Å². The van der Waals surface area contributed by atoms with Crippen molar-refractivity contribution in [2.75, 3.05) is 26.8 Å². The molecule has 2 aromatic rings. The number of ether oxygens (including phenoxy) is 2. The quantitative estimate of drug-likeness (QED) is 0.799. The highest BCUT2D eigenvalue weighted by Crippen LogP contribution is 2.27. The third-order valence-electron chi connectivity index (χ3n) is 5.43. The number of hydrogen-bond donors (Lipinski definition) is 0. The molecule has 4 rings (SSSR count). The zero-order chi connectivity index (χ0) is 19.5. The lowest BCUT2D eigenvalue weighted by atomic mass is 10.1. The number of carbonyl (C=O) groups excluding carboxylic acids is 1. The summed E-state index contributed by atoms with van der Waals surface area (Å²) < 4.78 is 11.0. The van der Waals surface area contributed by atoms with E-state index in [1.54, 1.807) is 7.11 Å². The smallest absolute Gasteiger partial charge is 0.249 e. The fraction of sp³-hybridized carbons (Fsp3) is 0.364. The van der Waals surface area contributed by atoms with Gasteiger partial charge in [-0.05, 0) is 35.4 Å². The fourth-order valence-electron chi connectivity index (χ4n) is 4.00. The zero-order valence-electron chi connectivity index (χ0n) is 15.9. The number of carbonyl (C=O) groups is 1. The Morgan fingerprint density at radius 2 is 1.96 bits per heavy atom. The number of rotatable bonds is 5. The van der Waals surface area contributed by atoms with Crippen LogP contribution in [0.15, 0.2) is 48.5 Å². The van der Waals surface area contributed by atoms with Crippen LogP contribution < -0.4 is 4.74 Å². The molecule has 2 aromatic carbocycles. The molecule has 1 amide bonds. The van der Waals surface area contributed by atoms with E-state index >= 15 is 0 Å². The van der Waals surface area contributed by atoms with Gasteiger partial charge in [-0.2, -0.15) is 5.26 Å². The molecule has 144 valence electrons. The Morgan fingerprint density at radius 1 is 1.14 bits per heavy atom. The van der Waals surface area contributed by atoms with Gasteiger partial charge in [0, 0.05) is 26.2 Å². The average molecular weight is 377 g/mol. The van der Waals surface area contributed by atoms with E-state index in [-0.39, 0.29) is 24.7 Å². The maximum Gasteiger partial charge on any atom is 0.249 e. The van der Waals surface area contributed by atoms with E-state index in [9.17, 15) is 4.79 Å². The van der Waals surface area contributed by atoms with Crippen molar-refractivity contribution in [2.24, 2.45) is 0 Å². The number of morpholine rings is 1. The van der Waals surface area contributed by atoms with Crippen LogP contribution in [0.4, 0.5) is 0 Å². The van der Waals surface area contributed by atoms with Crippen LogP contribution in [0.5, 0.6) is 5.75 Å². The van der Waals surface area contributed by atoms with E-state index in [4.69, 9.17) is 14.7 Å². The molecule has 2 aliphatic rings. The largest absolute Gasteiger partial charge is 0.497 e. The van der Waals surface area contributed by atoms with Gasteiger partial charge in [0.05, 0.1) is 30.9 Å². The summed E-state index contributed by atoms with van der Waals surface area (Å²) in [6.07, 6.45) is 0.0232. The molecular formula is C22H23N3O3. The highest BCUT2D eigenvalue weighted by molar-refractivity contribution is 5.78. The molecule has 0 spiro atoms. The number of nitrogens with zero attached hydrogens (tertiary/aromatic N) is 3. The molecule has 2 fully saturated rings. The van der Waals surface area contributed by atoms with Gasteiger partial charge in [0.1, 0.15) is 12.4 Å². The van der Waals surface area contributed by atoms with Crippen LogP contribution in [0.3, 0.4) is 0 Å². The number of likely N-dealkylation sites (tertiary alicyclic amines) is 1. The lowest BCUT2D eigenvalue weighted by Crippen LogP contribution is -2.53. The molecular weight excluding hydrogens is 354 g/mol. The highest BCUT2D eigenvalue weighted by atomic mass is 16.5. The van der Waals surface area contributed by atoms with Crippen LogP contribution in [0, 0.1) is 11.3 Å². The number of fused-ring (bicyclic) bond motifs is 1. The number of methoxy groups -OCH3 is 1. The molecule has 2 aliphatic heterocycles. The summed E-state index contributed by atoms with van der Waals surface area (Å²) in [5.41, 5.74) is 2.85. The van der Waals surface area contributed by atoms with Crippen LogP contribution in [0.1, 0.15) is 16.7 Å². The molecule has 0 bridgehead atoms. The molecule has 28 heavy (non-hydrogen) atoms. The van der Waals surface area contributed by atoms with Gasteiger partial charge in [-0.25, -0.2) is 0 Å². The van der Waals surface area contributed by atoms with Crippen LogP contribution >= 0.6 is 0 Å². The Labute approximate surface area is 164 Å². The first-order valence-electron chi connectivity index (χ1n) is 9.41. The van der Waals surface area contributed by atoms with Crippen molar-refractivity contribution in [3.8, 4) is 11.8 Å². The van der Waals surface area contributed by atoms with E-state index in [1.807, 2.05) is 53.4 Å². The van der Waals surface area contributed by atoms with Gasteiger partial charge < -0.3 is 14.4 Å². The maximum absolute atomic E-state index is 12.5. The Bertz CT molecular complexity index is 891. The summed E-state index contributed by atoms with van der Waals surface area (Å²) in [6.45, 7) is 3.01.